The van der Waals surface area contributed by atoms with Crippen molar-refractivity contribution in [2.45, 2.75) is 227 Å². The zero-order valence-corrected chi connectivity index (χ0v) is 44.1. The molecule has 10 nitrogen and oxygen atoms in total. The standard InChI is InChI=1S/C54H98NO9P/c1-10-11-12-13-14-15-16-17-18-19-20-21-22-23-24-28-51(56)60-40-46(41-62-65(58,59)61-38-37-55(7,8)9)64-52(57)63-45-33-35-53(5)44(39-45)29-30-47-49-32-31-48(43(4)27-25-26-42(2)3)54(49,6)36-34-50(47)53/h29,42-43,45-50H,10-28,30-41H2,1-9H3/t43-,45+,46?,47+,48-,49+,50+,53+,54-/m1/s1. The lowest BCUT2D eigenvalue weighted by Gasteiger charge is -2.58. The van der Waals surface area contributed by atoms with Crippen LogP contribution in [0, 0.1) is 46.3 Å². The molecule has 0 aromatic heterocycles. The fourth-order valence-corrected chi connectivity index (χ4v) is 13.4. The zero-order valence-electron chi connectivity index (χ0n) is 43.2. The van der Waals surface area contributed by atoms with Gasteiger partial charge in [0.1, 0.15) is 25.9 Å². The molecule has 65 heavy (non-hydrogen) atoms. The van der Waals surface area contributed by atoms with Gasteiger partial charge < -0.3 is 32.6 Å². The van der Waals surface area contributed by atoms with Gasteiger partial charge in [0.25, 0.3) is 7.82 Å². The highest BCUT2D eigenvalue weighted by molar-refractivity contribution is 7.45. The van der Waals surface area contributed by atoms with Gasteiger partial charge >= 0.3 is 12.1 Å². The lowest BCUT2D eigenvalue weighted by Crippen LogP contribution is -2.51. The van der Waals surface area contributed by atoms with Crippen LogP contribution in [0.1, 0.15) is 215 Å². The van der Waals surface area contributed by atoms with Crippen molar-refractivity contribution in [2.24, 2.45) is 46.3 Å². The molecule has 0 aromatic carbocycles. The molecule has 4 rings (SSSR count). The first-order valence-corrected chi connectivity index (χ1v) is 28.5. The Bertz CT molecular complexity index is 1480. The molecule has 0 saturated heterocycles. The van der Waals surface area contributed by atoms with E-state index in [9.17, 15) is 19.0 Å². The quantitative estimate of drug-likeness (QED) is 0.0213. The summed E-state index contributed by atoms with van der Waals surface area (Å²) in [4.78, 5) is 38.8. The first kappa shape index (κ1) is 56.1. The van der Waals surface area contributed by atoms with Crippen molar-refractivity contribution in [2.75, 3.05) is 47.5 Å². The molecule has 3 fully saturated rings. The van der Waals surface area contributed by atoms with Crippen molar-refractivity contribution in [1.82, 2.24) is 0 Å². The second-order valence-electron chi connectivity index (χ2n) is 23.2. The van der Waals surface area contributed by atoms with Crippen LogP contribution < -0.4 is 4.89 Å². The number of esters is 1. The smallest absolute Gasteiger partial charge is 0.509 e. The minimum absolute atomic E-state index is 0.0532. The molecule has 0 N–H and O–H groups in total. The van der Waals surface area contributed by atoms with E-state index in [1.54, 1.807) is 0 Å². The molecule has 11 heteroatoms. The van der Waals surface area contributed by atoms with Crippen molar-refractivity contribution in [3.63, 3.8) is 0 Å². The van der Waals surface area contributed by atoms with Crippen LogP contribution in [0.2, 0.25) is 0 Å². The van der Waals surface area contributed by atoms with Gasteiger partial charge in [-0.2, -0.15) is 0 Å². The molecule has 4 aliphatic rings. The summed E-state index contributed by atoms with van der Waals surface area (Å²) in [6, 6.07) is 0. The van der Waals surface area contributed by atoms with Crippen molar-refractivity contribution in [3.8, 4) is 0 Å². The van der Waals surface area contributed by atoms with E-state index in [2.05, 4.69) is 47.6 Å². The second-order valence-corrected chi connectivity index (χ2v) is 24.6. The monoisotopic (exact) mass is 936 g/mol. The molecule has 0 bridgehead atoms. The summed E-state index contributed by atoms with van der Waals surface area (Å²) in [5.41, 5.74) is 1.95. The highest BCUT2D eigenvalue weighted by Gasteiger charge is 2.59. The lowest BCUT2D eigenvalue weighted by molar-refractivity contribution is -0.870. The van der Waals surface area contributed by atoms with E-state index in [1.165, 1.54) is 128 Å². The Labute approximate surface area is 398 Å². The van der Waals surface area contributed by atoms with Gasteiger partial charge in [0, 0.05) is 12.8 Å². The number of ether oxygens (including phenoxy) is 3. The predicted molar refractivity (Wildman–Crippen MR) is 261 cm³/mol. The second kappa shape index (κ2) is 27.7. The Morgan fingerprint density at radius 1 is 0.785 bits per heavy atom. The summed E-state index contributed by atoms with van der Waals surface area (Å²) in [5.74, 6) is 4.13. The molecule has 378 valence electrons. The number of carbonyl (C=O) groups is 2. The zero-order chi connectivity index (χ0) is 47.5. The fourth-order valence-electron chi connectivity index (χ4n) is 12.7. The van der Waals surface area contributed by atoms with Crippen LogP contribution >= 0.6 is 7.82 Å². The largest absolute Gasteiger partial charge is 0.756 e. The maximum Gasteiger partial charge on any atom is 0.509 e. The number of rotatable bonds is 32. The molecule has 4 aliphatic carbocycles. The summed E-state index contributed by atoms with van der Waals surface area (Å²) in [6.45, 7) is 14.1. The molecule has 0 aliphatic heterocycles. The number of hydrogen-bond donors (Lipinski definition) is 0. The molecule has 0 heterocycles. The van der Waals surface area contributed by atoms with E-state index in [-0.39, 0.29) is 31.2 Å². The van der Waals surface area contributed by atoms with E-state index < -0.39 is 32.7 Å². The Morgan fingerprint density at radius 3 is 2.03 bits per heavy atom. The maximum absolute atomic E-state index is 13.4. The van der Waals surface area contributed by atoms with Crippen LogP contribution in [0.25, 0.3) is 0 Å². The Morgan fingerprint density at radius 2 is 1.42 bits per heavy atom. The van der Waals surface area contributed by atoms with Crippen LogP contribution in [0.15, 0.2) is 11.6 Å². The number of nitrogens with zero attached hydrogens (tertiary/aromatic N) is 1. The maximum atomic E-state index is 13.4. The van der Waals surface area contributed by atoms with Crippen LogP contribution in [0.5, 0.6) is 0 Å². The molecule has 0 spiro atoms. The van der Waals surface area contributed by atoms with Gasteiger partial charge in [0.15, 0.2) is 6.10 Å². The SMILES string of the molecule is CCCCCCCCCCCCCCCCCC(=O)OCC(COP(=O)([O-])OCC[N+](C)(C)C)OC(=O)O[C@H]1CC[C@@]2(C)C(=CC[C@H]3[C@@H]4CC[C@H]([C@H](C)CCCC(C)C)[C@@]4(C)CC[C@@H]32)C1. The fraction of sp³-hybridized carbons (Fsp3) is 0.926. The average Bonchev–Trinajstić information content (AvgIpc) is 3.60. The third-order valence-corrected chi connectivity index (χ3v) is 17.6. The third kappa shape index (κ3) is 18.8. The number of fused-ring (bicyclic) bond motifs is 5. The minimum Gasteiger partial charge on any atom is -0.756 e. The van der Waals surface area contributed by atoms with Gasteiger partial charge in [-0.05, 0) is 97.7 Å². The normalized spacial score (nSPS) is 28.4. The Kier molecular flexibility index (Phi) is 23.9. The summed E-state index contributed by atoms with van der Waals surface area (Å²) in [7, 11) is 1.09. The summed E-state index contributed by atoms with van der Waals surface area (Å²) < 4.78 is 40.6. The van der Waals surface area contributed by atoms with Gasteiger partial charge in [-0.3, -0.25) is 9.36 Å². The lowest BCUT2D eigenvalue weighted by atomic mass is 9.47. The van der Waals surface area contributed by atoms with Crippen LogP contribution in [-0.2, 0) is 32.6 Å². The number of phosphoric ester groups is 1. The van der Waals surface area contributed by atoms with E-state index in [4.69, 9.17) is 23.3 Å². The van der Waals surface area contributed by atoms with Crippen LogP contribution in [0.4, 0.5) is 4.79 Å². The van der Waals surface area contributed by atoms with Crippen LogP contribution in [-0.4, -0.2) is 76.3 Å². The van der Waals surface area contributed by atoms with Crippen molar-refractivity contribution in [1.29, 1.82) is 0 Å². The highest BCUT2D eigenvalue weighted by Crippen LogP contribution is 2.67. The molecule has 0 radical (unpaired) electrons. The van der Waals surface area contributed by atoms with E-state index >= 15 is 0 Å². The van der Waals surface area contributed by atoms with Gasteiger partial charge in [0.05, 0.1) is 27.7 Å². The minimum atomic E-state index is -4.71. The number of likely N-dealkylation sites (N-methyl/N-ethyl adjacent to an activating group) is 1. The van der Waals surface area contributed by atoms with Gasteiger partial charge in [-0.25, -0.2) is 4.79 Å². The first-order chi connectivity index (χ1) is 30.9. The average molecular weight is 936 g/mol. The van der Waals surface area contributed by atoms with Gasteiger partial charge in [0.2, 0.25) is 0 Å². The van der Waals surface area contributed by atoms with Gasteiger partial charge in [-0.1, -0.05) is 162 Å². The van der Waals surface area contributed by atoms with E-state index in [0.29, 0.717) is 41.1 Å². The molecular weight excluding hydrogens is 838 g/mol. The van der Waals surface area contributed by atoms with Crippen molar-refractivity contribution >= 4 is 19.9 Å². The number of hydrogen-bond acceptors (Lipinski definition) is 9. The number of quaternary nitrogens is 1. The molecule has 0 amide bonds. The molecule has 3 saturated carbocycles. The first-order valence-electron chi connectivity index (χ1n) is 27.0. The summed E-state index contributed by atoms with van der Waals surface area (Å²) in [6.07, 6.45) is 31.8. The van der Waals surface area contributed by atoms with Crippen LogP contribution in [0.3, 0.4) is 0 Å². The predicted octanol–water partition coefficient (Wildman–Crippen LogP) is 13.9. The summed E-state index contributed by atoms with van der Waals surface area (Å²) in [5, 5.41) is 0. The Hall–Kier alpha value is -1.45. The molecule has 10 atom stereocenters. The molecule has 2 unspecified atom stereocenters. The van der Waals surface area contributed by atoms with E-state index in [1.807, 2.05) is 21.1 Å². The number of allylic oxidation sites excluding steroid dienone is 1. The number of phosphoric acid groups is 1. The van der Waals surface area contributed by atoms with Crippen molar-refractivity contribution in [3.05, 3.63) is 11.6 Å². The van der Waals surface area contributed by atoms with Gasteiger partial charge in [-0.15, -0.1) is 0 Å². The topological polar surface area (TPSA) is 120 Å². The van der Waals surface area contributed by atoms with Crippen molar-refractivity contribution < 1.29 is 46.8 Å². The third-order valence-electron chi connectivity index (χ3n) is 16.6. The summed E-state index contributed by atoms with van der Waals surface area (Å²) >= 11 is 0. The number of carbonyl (C=O) groups excluding carboxylic acids is 2. The molecule has 0 aromatic rings. The Balaban J connectivity index is 1.22. The van der Waals surface area contributed by atoms with E-state index in [0.717, 1.165) is 55.8 Å². The number of unbranched alkanes of at least 4 members (excludes halogenated alkanes) is 14. The highest BCUT2D eigenvalue weighted by atomic mass is 31.2. The molecular formula is C54H98NO9P.